The van der Waals surface area contributed by atoms with Crippen molar-refractivity contribution in [1.29, 1.82) is 0 Å². The molecule has 2 heterocycles. The molecule has 0 radical (unpaired) electrons. The van der Waals surface area contributed by atoms with E-state index in [1.807, 2.05) is 30.3 Å². The van der Waals surface area contributed by atoms with E-state index in [4.69, 9.17) is 11.5 Å². The maximum atomic E-state index is 14.8. The van der Waals surface area contributed by atoms with Gasteiger partial charge in [0.15, 0.2) is 11.6 Å². The number of carbonyl (C=O) groups excluding carboxylic acids is 2. The van der Waals surface area contributed by atoms with E-state index in [1.165, 1.54) is 0 Å². The second-order valence-electron chi connectivity index (χ2n) is 9.56. The molecule has 9 nitrogen and oxygen atoms in total. The highest BCUT2D eigenvalue weighted by Crippen LogP contribution is 2.28. The van der Waals surface area contributed by atoms with Gasteiger partial charge in [0.1, 0.15) is 11.5 Å². The first kappa shape index (κ1) is 25.2. The number of rotatable bonds is 8. The number of halogens is 1. The Hall–Kier alpha value is -4.44. The number of pyridine rings is 1. The van der Waals surface area contributed by atoms with Crippen LogP contribution in [0, 0.1) is 5.82 Å². The lowest BCUT2D eigenvalue weighted by atomic mass is 9.91. The third kappa shape index (κ3) is 5.60. The van der Waals surface area contributed by atoms with Gasteiger partial charge in [-0.2, -0.15) is 0 Å². The Balaban J connectivity index is 1.36. The zero-order valence-corrected chi connectivity index (χ0v) is 20.8. The number of amides is 2. The fourth-order valence-electron chi connectivity index (χ4n) is 4.73. The van der Waals surface area contributed by atoms with E-state index in [9.17, 15) is 14.0 Å². The molecular formula is C28H30FN7O2. The lowest BCUT2D eigenvalue weighted by molar-refractivity contribution is 0.0945. The molecule has 2 aromatic carbocycles. The van der Waals surface area contributed by atoms with Crippen LogP contribution >= 0.6 is 0 Å². The summed E-state index contributed by atoms with van der Waals surface area (Å²) < 4.78 is 14.8. The number of hydrogen-bond acceptors (Lipinski definition) is 6. The number of H-pyrrole nitrogens is 1. The van der Waals surface area contributed by atoms with Crippen LogP contribution in [0.4, 0.5) is 21.7 Å². The molecule has 8 N–H and O–H groups in total. The molecule has 1 aliphatic carbocycles. The molecule has 196 valence electrons. The molecule has 38 heavy (non-hydrogen) atoms. The Morgan fingerprint density at radius 3 is 2.58 bits per heavy atom. The van der Waals surface area contributed by atoms with E-state index in [1.54, 1.807) is 24.3 Å². The number of primary amides is 1. The Morgan fingerprint density at radius 2 is 1.82 bits per heavy atom. The number of nitrogens with two attached hydrogens (primary N) is 2. The maximum absolute atomic E-state index is 14.8. The fraction of sp³-hybridized carbons (Fsp3) is 0.250. The fourth-order valence-corrected chi connectivity index (χ4v) is 4.73. The largest absolute Gasteiger partial charge is 0.365 e. The molecule has 2 amide bonds. The van der Waals surface area contributed by atoms with Crippen LogP contribution in [0.5, 0.6) is 0 Å². The van der Waals surface area contributed by atoms with Crippen LogP contribution in [0.25, 0.3) is 10.9 Å². The van der Waals surface area contributed by atoms with E-state index in [0.717, 1.165) is 48.2 Å². The predicted octanol–water partition coefficient (Wildman–Crippen LogP) is 4.16. The van der Waals surface area contributed by atoms with Crippen molar-refractivity contribution in [2.45, 2.75) is 44.3 Å². The standard InChI is InChI=1S/C28H30FN7O2/c29-20-14-19(25(31)37)26(36-27(20)35-23-9-5-4-8-21(23)30)33-18-10-11-22-17(12-18)13-24(34-22)28(38)32-15-16-6-2-1-3-7-16/h1-3,6-7,10-14,21,23,34H,4-5,8-9,15,30H2,(H2,31,37)(H,32,38)(H2,33,35,36)/t21-,23+/m0/s1. The van der Waals surface area contributed by atoms with Crippen LogP contribution in [0.1, 0.15) is 52.1 Å². The average Bonchev–Trinajstić information content (AvgIpc) is 3.34. The summed E-state index contributed by atoms with van der Waals surface area (Å²) in [4.78, 5) is 32.2. The Bertz CT molecular complexity index is 1470. The number of nitrogens with one attached hydrogen (secondary N) is 4. The summed E-state index contributed by atoms with van der Waals surface area (Å²) in [6.07, 6.45) is 3.71. The van der Waals surface area contributed by atoms with Crippen molar-refractivity contribution < 1.29 is 14.0 Å². The molecule has 2 aromatic heterocycles. The highest BCUT2D eigenvalue weighted by atomic mass is 19.1. The molecule has 0 aliphatic heterocycles. The van der Waals surface area contributed by atoms with Crippen LogP contribution in [0.15, 0.2) is 60.7 Å². The minimum atomic E-state index is -0.806. The number of carbonyl (C=O) groups is 2. The van der Waals surface area contributed by atoms with Gasteiger partial charge >= 0.3 is 0 Å². The van der Waals surface area contributed by atoms with Gasteiger partial charge in [0.25, 0.3) is 11.8 Å². The van der Waals surface area contributed by atoms with Gasteiger partial charge < -0.3 is 32.4 Å². The van der Waals surface area contributed by atoms with Crippen molar-refractivity contribution >= 4 is 40.0 Å². The summed E-state index contributed by atoms with van der Waals surface area (Å²) in [6.45, 7) is 0.413. The van der Waals surface area contributed by atoms with Gasteiger partial charge in [-0.15, -0.1) is 0 Å². The normalized spacial score (nSPS) is 17.2. The van der Waals surface area contributed by atoms with E-state index < -0.39 is 11.7 Å². The lowest BCUT2D eigenvalue weighted by Gasteiger charge is -2.30. The molecule has 1 fully saturated rings. The van der Waals surface area contributed by atoms with E-state index in [0.29, 0.717) is 17.9 Å². The SMILES string of the molecule is NC(=O)c1cc(F)c(N[C@@H]2CCCC[C@@H]2N)nc1Nc1ccc2[nH]c(C(=O)NCc3ccccc3)cc2c1. The van der Waals surface area contributed by atoms with Gasteiger partial charge in [-0.25, -0.2) is 9.37 Å². The number of nitrogens with zero attached hydrogens (tertiary/aromatic N) is 1. The molecule has 1 aliphatic rings. The van der Waals surface area contributed by atoms with Crippen LogP contribution in [0.3, 0.4) is 0 Å². The van der Waals surface area contributed by atoms with Crippen molar-refractivity contribution in [1.82, 2.24) is 15.3 Å². The molecule has 0 unspecified atom stereocenters. The van der Waals surface area contributed by atoms with Crippen molar-refractivity contribution in [3.05, 3.63) is 83.3 Å². The van der Waals surface area contributed by atoms with Crippen molar-refractivity contribution in [3.8, 4) is 0 Å². The van der Waals surface area contributed by atoms with E-state index >= 15 is 0 Å². The van der Waals surface area contributed by atoms with Crippen molar-refractivity contribution in [3.63, 3.8) is 0 Å². The van der Waals surface area contributed by atoms with Crippen LogP contribution in [-0.4, -0.2) is 33.9 Å². The maximum Gasteiger partial charge on any atom is 0.267 e. The smallest absolute Gasteiger partial charge is 0.267 e. The third-order valence-electron chi connectivity index (χ3n) is 6.81. The average molecular weight is 516 g/mol. The molecule has 0 spiro atoms. The molecule has 4 aromatic rings. The highest BCUT2D eigenvalue weighted by molar-refractivity contribution is 6.00. The molecule has 1 saturated carbocycles. The predicted molar refractivity (Wildman–Crippen MR) is 146 cm³/mol. The summed E-state index contributed by atoms with van der Waals surface area (Å²) in [5.74, 6) is -1.57. The van der Waals surface area contributed by atoms with Crippen LogP contribution in [-0.2, 0) is 6.54 Å². The number of hydrogen-bond donors (Lipinski definition) is 6. The van der Waals surface area contributed by atoms with Gasteiger partial charge in [0.2, 0.25) is 0 Å². The summed E-state index contributed by atoms with van der Waals surface area (Å²) in [5, 5.41) is 9.86. The number of fused-ring (bicyclic) bond motifs is 1. The second-order valence-corrected chi connectivity index (χ2v) is 9.56. The Morgan fingerprint density at radius 1 is 1.03 bits per heavy atom. The van der Waals surface area contributed by atoms with Crippen molar-refractivity contribution in [2.24, 2.45) is 11.5 Å². The lowest BCUT2D eigenvalue weighted by Crippen LogP contribution is -2.43. The number of anilines is 3. The zero-order valence-electron chi connectivity index (χ0n) is 20.8. The monoisotopic (exact) mass is 515 g/mol. The minimum Gasteiger partial charge on any atom is -0.365 e. The number of benzene rings is 2. The third-order valence-corrected chi connectivity index (χ3v) is 6.81. The summed E-state index contributed by atoms with van der Waals surface area (Å²) in [5.41, 5.74) is 14.4. The van der Waals surface area contributed by atoms with Gasteiger partial charge in [0.05, 0.1) is 5.56 Å². The van der Waals surface area contributed by atoms with Crippen molar-refractivity contribution in [2.75, 3.05) is 10.6 Å². The second kappa shape index (κ2) is 10.9. The summed E-state index contributed by atoms with van der Waals surface area (Å²) in [6, 6.07) is 17.6. The Labute approximate surface area is 219 Å². The molecule has 2 atom stereocenters. The van der Waals surface area contributed by atoms with Gasteiger partial charge in [-0.05, 0) is 48.7 Å². The van der Waals surface area contributed by atoms with E-state index in [-0.39, 0.29) is 35.2 Å². The number of aromatic amines is 1. The van der Waals surface area contributed by atoms with Gasteiger partial charge in [-0.1, -0.05) is 43.2 Å². The summed E-state index contributed by atoms with van der Waals surface area (Å²) >= 11 is 0. The Kier molecular flexibility index (Phi) is 7.23. The quantitative estimate of drug-likeness (QED) is 0.207. The topological polar surface area (TPSA) is 151 Å². The van der Waals surface area contributed by atoms with Gasteiger partial charge in [-0.3, -0.25) is 9.59 Å². The summed E-state index contributed by atoms with van der Waals surface area (Å²) in [7, 11) is 0. The molecule has 0 bridgehead atoms. The van der Waals surface area contributed by atoms with Crippen LogP contribution < -0.4 is 27.4 Å². The molecule has 0 saturated heterocycles. The first-order valence-electron chi connectivity index (χ1n) is 12.6. The number of aromatic nitrogens is 2. The van der Waals surface area contributed by atoms with Gasteiger partial charge in [0, 0.05) is 35.2 Å². The highest BCUT2D eigenvalue weighted by Gasteiger charge is 2.24. The first-order chi connectivity index (χ1) is 18.4. The molecular weight excluding hydrogens is 485 g/mol. The molecule has 5 rings (SSSR count). The molecule has 10 heteroatoms. The first-order valence-corrected chi connectivity index (χ1v) is 12.6. The minimum absolute atomic E-state index is 0.0138. The van der Waals surface area contributed by atoms with Crippen LogP contribution in [0.2, 0.25) is 0 Å². The van der Waals surface area contributed by atoms with E-state index in [2.05, 4.69) is 25.9 Å². The zero-order chi connectivity index (χ0) is 26.6.